The van der Waals surface area contributed by atoms with Gasteiger partial charge in [0.2, 0.25) is 6.79 Å². The lowest BCUT2D eigenvalue weighted by Gasteiger charge is -2.06. The lowest BCUT2D eigenvalue weighted by atomic mass is 10.1. The standard InChI is InChI=1S/C18H14N2O3S2/c1-24-18-19-15(11-5-3-2-4-6-11)17(25-18)20-16(21)12-7-8-13-14(9-12)23-10-22-13/h2-9H,10H2,1H3,(H,20,21). The quantitative estimate of drug-likeness (QED) is 0.685. The lowest BCUT2D eigenvalue weighted by molar-refractivity contribution is 0.102. The van der Waals surface area contributed by atoms with Gasteiger partial charge in [-0.25, -0.2) is 4.98 Å². The van der Waals surface area contributed by atoms with Crippen LogP contribution in [0.4, 0.5) is 5.00 Å². The number of anilines is 1. The summed E-state index contributed by atoms with van der Waals surface area (Å²) in [5, 5.41) is 3.71. The third-order valence-corrected chi connectivity index (χ3v) is 5.65. The predicted molar refractivity (Wildman–Crippen MR) is 99.8 cm³/mol. The Bertz CT molecular complexity index is 925. The zero-order chi connectivity index (χ0) is 17.2. The number of thioether (sulfide) groups is 1. The molecule has 1 aromatic heterocycles. The van der Waals surface area contributed by atoms with Crippen LogP contribution < -0.4 is 14.8 Å². The van der Waals surface area contributed by atoms with E-state index in [0.717, 1.165) is 20.6 Å². The van der Waals surface area contributed by atoms with Crippen molar-refractivity contribution < 1.29 is 14.3 Å². The summed E-state index contributed by atoms with van der Waals surface area (Å²) in [5.41, 5.74) is 2.27. The van der Waals surface area contributed by atoms with Crippen LogP contribution in [0.25, 0.3) is 11.3 Å². The molecule has 2 aromatic carbocycles. The van der Waals surface area contributed by atoms with E-state index in [9.17, 15) is 4.79 Å². The lowest BCUT2D eigenvalue weighted by Crippen LogP contribution is -2.11. The smallest absolute Gasteiger partial charge is 0.256 e. The van der Waals surface area contributed by atoms with E-state index in [0.29, 0.717) is 17.1 Å². The highest BCUT2D eigenvalue weighted by molar-refractivity contribution is 8.00. The molecule has 2 heterocycles. The van der Waals surface area contributed by atoms with Crippen molar-refractivity contribution in [3.8, 4) is 22.8 Å². The Kier molecular flexibility index (Phi) is 4.33. The van der Waals surface area contributed by atoms with Crippen LogP contribution >= 0.6 is 23.1 Å². The third kappa shape index (κ3) is 3.20. The van der Waals surface area contributed by atoms with Gasteiger partial charge in [0.1, 0.15) is 10.7 Å². The van der Waals surface area contributed by atoms with Crippen LogP contribution in [0.1, 0.15) is 10.4 Å². The number of thiazole rings is 1. The number of rotatable bonds is 4. The number of nitrogens with one attached hydrogen (secondary N) is 1. The molecule has 3 aromatic rings. The summed E-state index contributed by atoms with van der Waals surface area (Å²) < 4.78 is 11.5. The molecule has 7 heteroatoms. The predicted octanol–water partition coefficient (Wildman–Crippen LogP) is 4.51. The van der Waals surface area contributed by atoms with Gasteiger partial charge < -0.3 is 14.8 Å². The first-order valence-corrected chi connectivity index (χ1v) is 9.60. The molecular weight excluding hydrogens is 356 g/mol. The molecule has 25 heavy (non-hydrogen) atoms. The first kappa shape index (κ1) is 16.0. The van der Waals surface area contributed by atoms with Crippen LogP contribution in [0.3, 0.4) is 0 Å². The maximum absolute atomic E-state index is 12.7. The largest absolute Gasteiger partial charge is 0.454 e. The summed E-state index contributed by atoms with van der Waals surface area (Å²) in [7, 11) is 0. The fourth-order valence-corrected chi connectivity index (χ4v) is 3.96. The van der Waals surface area contributed by atoms with Crippen LogP contribution in [0.5, 0.6) is 11.5 Å². The number of benzene rings is 2. The van der Waals surface area contributed by atoms with Gasteiger partial charge in [0.25, 0.3) is 5.91 Å². The number of nitrogens with zero attached hydrogens (tertiary/aromatic N) is 1. The van der Waals surface area contributed by atoms with Crippen molar-refractivity contribution in [1.29, 1.82) is 0 Å². The highest BCUT2D eigenvalue weighted by Crippen LogP contribution is 2.37. The second-order valence-electron chi connectivity index (χ2n) is 5.25. The third-order valence-electron chi connectivity index (χ3n) is 3.69. The zero-order valence-electron chi connectivity index (χ0n) is 13.3. The first-order valence-electron chi connectivity index (χ1n) is 7.56. The molecule has 0 fully saturated rings. The molecule has 126 valence electrons. The van der Waals surface area contributed by atoms with Crippen molar-refractivity contribution in [3.63, 3.8) is 0 Å². The van der Waals surface area contributed by atoms with E-state index in [1.807, 2.05) is 36.6 Å². The molecule has 1 aliphatic heterocycles. The van der Waals surface area contributed by atoms with Crippen molar-refractivity contribution in [1.82, 2.24) is 4.98 Å². The Hall–Kier alpha value is -2.51. The van der Waals surface area contributed by atoms with Crippen molar-refractivity contribution in [2.75, 3.05) is 18.4 Å². The van der Waals surface area contributed by atoms with E-state index in [2.05, 4.69) is 10.3 Å². The summed E-state index contributed by atoms with van der Waals surface area (Å²) in [6, 6.07) is 15.0. The Balaban J connectivity index is 1.64. The molecule has 1 amide bonds. The fraction of sp³-hybridized carbons (Fsp3) is 0.111. The van der Waals surface area contributed by atoms with Crippen LogP contribution in [0.2, 0.25) is 0 Å². The molecule has 0 saturated heterocycles. The summed E-state index contributed by atoms with van der Waals surface area (Å²) >= 11 is 3.02. The van der Waals surface area contributed by atoms with Crippen molar-refractivity contribution in [3.05, 3.63) is 54.1 Å². The Morgan fingerprint density at radius 2 is 1.96 bits per heavy atom. The Morgan fingerprint density at radius 1 is 1.16 bits per heavy atom. The van der Waals surface area contributed by atoms with Crippen LogP contribution in [0, 0.1) is 0 Å². The van der Waals surface area contributed by atoms with Gasteiger partial charge in [0.15, 0.2) is 15.8 Å². The van der Waals surface area contributed by atoms with E-state index in [1.54, 1.807) is 30.0 Å². The fourth-order valence-electron chi connectivity index (χ4n) is 2.48. The number of hydrogen-bond donors (Lipinski definition) is 1. The number of hydrogen-bond acceptors (Lipinski definition) is 6. The molecule has 4 rings (SSSR count). The molecule has 1 N–H and O–H groups in total. The van der Waals surface area contributed by atoms with E-state index in [-0.39, 0.29) is 12.7 Å². The average Bonchev–Trinajstić information content (AvgIpc) is 3.28. The van der Waals surface area contributed by atoms with Crippen LogP contribution in [0.15, 0.2) is 52.9 Å². The minimum Gasteiger partial charge on any atom is -0.454 e. The topological polar surface area (TPSA) is 60.5 Å². The van der Waals surface area contributed by atoms with Gasteiger partial charge in [-0.2, -0.15) is 0 Å². The SMILES string of the molecule is CSc1nc(-c2ccccc2)c(NC(=O)c2ccc3c(c2)OCO3)s1. The number of fused-ring (bicyclic) bond motifs is 1. The van der Waals surface area contributed by atoms with Crippen molar-refractivity contribution >= 4 is 34.0 Å². The van der Waals surface area contributed by atoms with Crippen molar-refractivity contribution in [2.45, 2.75) is 4.34 Å². The summed E-state index contributed by atoms with van der Waals surface area (Å²) in [6.07, 6.45) is 1.97. The number of carbonyl (C=O) groups excluding carboxylic acids is 1. The molecule has 0 atom stereocenters. The van der Waals surface area contributed by atoms with Gasteiger partial charge in [0.05, 0.1) is 0 Å². The van der Waals surface area contributed by atoms with E-state index in [4.69, 9.17) is 9.47 Å². The summed E-state index contributed by atoms with van der Waals surface area (Å²) in [6.45, 7) is 0.185. The minimum absolute atomic E-state index is 0.185. The molecule has 0 aliphatic carbocycles. The number of ether oxygens (including phenoxy) is 2. The van der Waals surface area contributed by atoms with E-state index >= 15 is 0 Å². The molecule has 5 nitrogen and oxygen atoms in total. The maximum Gasteiger partial charge on any atom is 0.256 e. The second kappa shape index (κ2) is 6.78. The van der Waals surface area contributed by atoms with Gasteiger partial charge in [-0.3, -0.25) is 4.79 Å². The summed E-state index contributed by atoms with van der Waals surface area (Å²) in [4.78, 5) is 17.3. The summed E-state index contributed by atoms with van der Waals surface area (Å²) in [5.74, 6) is 1.04. The maximum atomic E-state index is 12.7. The molecule has 0 unspecified atom stereocenters. The monoisotopic (exact) mass is 370 g/mol. The number of aromatic nitrogens is 1. The Labute approximate surface area is 153 Å². The molecule has 1 aliphatic rings. The minimum atomic E-state index is -0.202. The zero-order valence-corrected chi connectivity index (χ0v) is 14.9. The highest BCUT2D eigenvalue weighted by atomic mass is 32.2. The van der Waals surface area contributed by atoms with Crippen LogP contribution in [-0.2, 0) is 0 Å². The van der Waals surface area contributed by atoms with Gasteiger partial charge in [-0.1, -0.05) is 53.4 Å². The Morgan fingerprint density at radius 3 is 2.76 bits per heavy atom. The molecule has 0 saturated carbocycles. The first-order chi connectivity index (χ1) is 12.2. The number of carbonyl (C=O) groups is 1. The molecule has 0 bridgehead atoms. The normalized spacial score (nSPS) is 12.2. The van der Waals surface area contributed by atoms with Gasteiger partial charge >= 0.3 is 0 Å². The average molecular weight is 370 g/mol. The van der Waals surface area contributed by atoms with Gasteiger partial charge in [-0.15, -0.1) is 0 Å². The van der Waals surface area contributed by atoms with E-state index < -0.39 is 0 Å². The molecular formula is C18H14N2O3S2. The van der Waals surface area contributed by atoms with Crippen LogP contribution in [-0.4, -0.2) is 23.9 Å². The van der Waals surface area contributed by atoms with E-state index in [1.165, 1.54) is 11.3 Å². The number of amides is 1. The molecule has 0 spiro atoms. The van der Waals surface area contributed by atoms with Crippen molar-refractivity contribution in [2.24, 2.45) is 0 Å². The van der Waals surface area contributed by atoms with Gasteiger partial charge in [-0.05, 0) is 24.5 Å². The van der Waals surface area contributed by atoms with Gasteiger partial charge in [0, 0.05) is 11.1 Å². The second-order valence-corrected chi connectivity index (χ2v) is 7.30. The highest BCUT2D eigenvalue weighted by Gasteiger charge is 2.19. The molecule has 0 radical (unpaired) electrons.